The maximum Gasteiger partial charge on any atom is 0.262 e. The second-order valence-electron chi connectivity index (χ2n) is 6.14. The van der Waals surface area contributed by atoms with Crippen LogP contribution >= 0.6 is 0 Å². The zero-order valence-electron chi connectivity index (χ0n) is 15.9. The zero-order chi connectivity index (χ0) is 21.7. The molecule has 0 aromatic heterocycles. The van der Waals surface area contributed by atoms with Gasteiger partial charge in [0.1, 0.15) is 17.4 Å². The number of anilines is 2. The highest BCUT2D eigenvalue weighted by molar-refractivity contribution is 7.92. The molecule has 3 aromatic rings. The fraction of sp³-hybridized carbons (Fsp3) is 0.0952. The lowest BCUT2D eigenvalue weighted by Gasteiger charge is -2.13. The van der Waals surface area contributed by atoms with Crippen LogP contribution in [0.2, 0.25) is 0 Å². The van der Waals surface area contributed by atoms with Crippen LogP contribution in [0, 0.1) is 11.6 Å². The van der Waals surface area contributed by atoms with E-state index >= 15 is 0 Å². The molecule has 0 aliphatic heterocycles. The molecule has 0 spiro atoms. The number of hydrogen-bond acceptors (Lipinski definition) is 4. The number of halogens is 2. The van der Waals surface area contributed by atoms with Crippen LogP contribution in [0.15, 0.2) is 71.6 Å². The summed E-state index contributed by atoms with van der Waals surface area (Å²) in [6.07, 6.45) is 0. The molecule has 2 N–H and O–H groups in total. The fourth-order valence-corrected chi connectivity index (χ4v) is 3.68. The Morgan fingerprint density at radius 1 is 0.967 bits per heavy atom. The first-order valence-corrected chi connectivity index (χ1v) is 10.4. The van der Waals surface area contributed by atoms with Gasteiger partial charge in [0.05, 0.1) is 22.9 Å². The van der Waals surface area contributed by atoms with Crippen molar-refractivity contribution < 1.29 is 26.7 Å². The minimum atomic E-state index is -4.10. The molecule has 0 saturated heterocycles. The van der Waals surface area contributed by atoms with Crippen LogP contribution in [-0.4, -0.2) is 20.9 Å². The van der Waals surface area contributed by atoms with E-state index in [1.54, 1.807) is 25.1 Å². The number of nitrogens with one attached hydrogen (secondary N) is 2. The van der Waals surface area contributed by atoms with Gasteiger partial charge in [-0.3, -0.25) is 9.52 Å². The molecule has 0 aliphatic carbocycles. The highest BCUT2D eigenvalue weighted by Crippen LogP contribution is 2.27. The fourth-order valence-electron chi connectivity index (χ4n) is 2.60. The molecule has 3 aromatic carbocycles. The third kappa shape index (κ3) is 4.93. The van der Waals surface area contributed by atoms with Gasteiger partial charge in [-0.1, -0.05) is 12.1 Å². The molecule has 0 fully saturated rings. The van der Waals surface area contributed by atoms with Crippen molar-refractivity contribution in [2.24, 2.45) is 0 Å². The minimum Gasteiger partial charge on any atom is -0.492 e. The Kier molecular flexibility index (Phi) is 6.31. The summed E-state index contributed by atoms with van der Waals surface area (Å²) in [7, 11) is -4.10. The van der Waals surface area contributed by atoms with E-state index in [1.807, 2.05) is 0 Å². The standard InChI is InChI=1S/C21H18F2N2O4S/c1-2-29-20-6-4-3-5-19(20)25-30(27,28)16-11-12-18(17(23)13-16)24-21(26)14-7-9-15(22)10-8-14/h3-13,25H,2H2,1H3,(H,24,26). The Morgan fingerprint density at radius 2 is 1.67 bits per heavy atom. The SMILES string of the molecule is CCOc1ccccc1NS(=O)(=O)c1ccc(NC(=O)c2ccc(F)cc2)c(F)c1. The molecule has 3 rings (SSSR count). The molecule has 0 heterocycles. The smallest absolute Gasteiger partial charge is 0.262 e. The number of sulfonamides is 1. The molecule has 156 valence electrons. The molecule has 1 amide bonds. The first-order valence-electron chi connectivity index (χ1n) is 8.91. The first-order chi connectivity index (χ1) is 14.3. The summed E-state index contributed by atoms with van der Waals surface area (Å²) in [4.78, 5) is 11.8. The third-order valence-electron chi connectivity index (χ3n) is 4.04. The van der Waals surface area contributed by atoms with Gasteiger partial charge in [0, 0.05) is 5.56 Å². The highest BCUT2D eigenvalue weighted by Gasteiger charge is 2.19. The van der Waals surface area contributed by atoms with Crippen molar-refractivity contribution in [3.05, 3.63) is 83.9 Å². The van der Waals surface area contributed by atoms with E-state index in [0.29, 0.717) is 12.4 Å². The predicted octanol–water partition coefficient (Wildman–Crippen LogP) is 4.42. The second-order valence-corrected chi connectivity index (χ2v) is 7.82. The Morgan fingerprint density at radius 3 is 2.33 bits per heavy atom. The molecule has 0 unspecified atom stereocenters. The molecular formula is C21H18F2N2O4S. The first kappa shape index (κ1) is 21.3. The van der Waals surface area contributed by atoms with Gasteiger partial charge in [-0.2, -0.15) is 0 Å². The maximum atomic E-state index is 14.5. The summed E-state index contributed by atoms with van der Waals surface area (Å²) in [5, 5.41) is 2.33. The van der Waals surface area contributed by atoms with Crippen LogP contribution < -0.4 is 14.8 Å². The van der Waals surface area contributed by atoms with Crippen molar-refractivity contribution >= 4 is 27.3 Å². The normalized spacial score (nSPS) is 11.0. The van der Waals surface area contributed by atoms with Crippen LogP contribution in [0.4, 0.5) is 20.2 Å². The molecule has 9 heteroatoms. The van der Waals surface area contributed by atoms with Gasteiger partial charge >= 0.3 is 0 Å². The van der Waals surface area contributed by atoms with Gasteiger partial charge in [0.25, 0.3) is 15.9 Å². The van der Waals surface area contributed by atoms with E-state index in [-0.39, 0.29) is 21.8 Å². The summed E-state index contributed by atoms with van der Waals surface area (Å²) in [5.41, 5.74) is 0.133. The van der Waals surface area contributed by atoms with E-state index in [1.165, 1.54) is 18.2 Å². The Bertz CT molecular complexity index is 1170. The lowest BCUT2D eigenvalue weighted by atomic mass is 10.2. The largest absolute Gasteiger partial charge is 0.492 e. The number of carbonyl (C=O) groups is 1. The number of para-hydroxylation sites is 2. The van der Waals surface area contributed by atoms with E-state index in [9.17, 15) is 22.0 Å². The van der Waals surface area contributed by atoms with Crippen LogP contribution in [-0.2, 0) is 10.0 Å². The topological polar surface area (TPSA) is 84.5 Å². The molecule has 30 heavy (non-hydrogen) atoms. The molecule has 0 atom stereocenters. The highest BCUT2D eigenvalue weighted by atomic mass is 32.2. The van der Waals surface area contributed by atoms with Crippen LogP contribution in [0.1, 0.15) is 17.3 Å². The molecule has 6 nitrogen and oxygen atoms in total. The minimum absolute atomic E-state index is 0.127. The average molecular weight is 432 g/mol. The van der Waals surface area contributed by atoms with Gasteiger partial charge in [-0.15, -0.1) is 0 Å². The number of amides is 1. The van der Waals surface area contributed by atoms with Gasteiger partial charge in [0.2, 0.25) is 0 Å². The zero-order valence-corrected chi connectivity index (χ0v) is 16.7. The predicted molar refractivity (Wildman–Crippen MR) is 109 cm³/mol. The van der Waals surface area contributed by atoms with Crippen molar-refractivity contribution in [1.82, 2.24) is 0 Å². The maximum absolute atomic E-state index is 14.5. The summed E-state index contributed by atoms with van der Waals surface area (Å²) in [6.45, 7) is 2.11. The van der Waals surface area contributed by atoms with Crippen LogP contribution in [0.5, 0.6) is 5.75 Å². The van der Waals surface area contributed by atoms with Crippen LogP contribution in [0.3, 0.4) is 0 Å². The number of rotatable bonds is 7. The molecule has 0 aliphatic rings. The molecule has 0 radical (unpaired) electrons. The molecular weight excluding hydrogens is 414 g/mol. The van der Waals surface area contributed by atoms with Crippen molar-refractivity contribution in [3.8, 4) is 5.75 Å². The van der Waals surface area contributed by atoms with Crippen molar-refractivity contribution in [1.29, 1.82) is 0 Å². The van der Waals surface area contributed by atoms with E-state index in [2.05, 4.69) is 10.0 Å². The quantitative estimate of drug-likeness (QED) is 0.579. The van der Waals surface area contributed by atoms with Gasteiger partial charge in [-0.05, 0) is 61.5 Å². The summed E-state index contributed by atoms with van der Waals surface area (Å²) in [6, 6.07) is 14.3. The Hall–Kier alpha value is -3.46. The molecule has 0 bridgehead atoms. The van der Waals surface area contributed by atoms with Crippen molar-refractivity contribution in [2.45, 2.75) is 11.8 Å². The number of carbonyl (C=O) groups excluding carboxylic acids is 1. The summed E-state index contributed by atoms with van der Waals surface area (Å²) >= 11 is 0. The van der Waals surface area contributed by atoms with Gasteiger partial charge < -0.3 is 10.1 Å². The Labute approximate surface area is 172 Å². The average Bonchev–Trinajstić information content (AvgIpc) is 2.71. The van der Waals surface area contributed by atoms with E-state index < -0.39 is 27.6 Å². The number of benzene rings is 3. The van der Waals surface area contributed by atoms with E-state index in [4.69, 9.17) is 4.74 Å². The Balaban J connectivity index is 1.80. The molecule has 0 saturated carbocycles. The summed E-state index contributed by atoms with van der Waals surface area (Å²) in [5.74, 6) is -1.77. The number of hydrogen-bond donors (Lipinski definition) is 2. The lowest BCUT2D eigenvalue weighted by molar-refractivity contribution is 0.102. The van der Waals surface area contributed by atoms with Crippen molar-refractivity contribution in [3.63, 3.8) is 0 Å². The second kappa shape index (κ2) is 8.91. The van der Waals surface area contributed by atoms with Gasteiger partial charge in [-0.25, -0.2) is 17.2 Å². The lowest BCUT2D eigenvalue weighted by Crippen LogP contribution is -2.16. The summed E-state index contributed by atoms with van der Waals surface area (Å²) < 4.78 is 60.5. The monoisotopic (exact) mass is 432 g/mol. The van der Waals surface area contributed by atoms with E-state index in [0.717, 1.165) is 30.3 Å². The van der Waals surface area contributed by atoms with Gasteiger partial charge in [0.15, 0.2) is 0 Å². The van der Waals surface area contributed by atoms with Crippen LogP contribution in [0.25, 0.3) is 0 Å². The van der Waals surface area contributed by atoms with Crippen molar-refractivity contribution in [2.75, 3.05) is 16.6 Å². The number of ether oxygens (including phenoxy) is 1. The third-order valence-corrected chi connectivity index (χ3v) is 5.40.